The van der Waals surface area contributed by atoms with Crippen molar-refractivity contribution in [2.45, 2.75) is 11.3 Å². The Hall–Kier alpha value is -2.30. The van der Waals surface area contributed by atoms with E-state index in [1.165, 1.54) is 24.5 Å². The first-order valence-electron chi connectivity index (χ1n) is 6.81. The summed E-state index contributed by atoms with van der Waals surface area (Å²) in [5.41, 5.74) is 5.26. The average Bonchev–Trinajstić information content (AvgIpc) is 2.55. The molecule has 0 saturated carbocycles. The molecule has 0 aliphatic carbocycles. The summed E-state index contributed by atoms with van der Waals surface area (Å²) in [5.74, 6) is 0.0503. The van der Waals surface area contributed by atoms with Crippen LogP contribution >= 0.6 is 11.6 Å². The number of rotatable bonds is 7. The second-order valence-electron chi connectivity index (χ2n) is 4.67. The van der Waals surface area contributed by atoms with Crippen LogP contribution in [0.3, 0.4) is 0 Å². The van der Waals surface area contributed by atoms with Crippen LogP contribution in [-0.4, -0.2) is 36.4 Å². The monoisotopic (exact) mass is 371 g/mol. The van der Waals surface area contributed by atoms with Crippen LogP contribution in [0.4, 0.5) is 11.5 Å². The molecule has 0 radical (unpaired) electrons. The van der Waals surface area contributed by atoms with Gasteiger partial charge in [-0.15, -0.1) is 0 Å². The Balaban J connectivity index is 2.45. The van der Waals surface area contributed by atoms with Crippen molar-refractivity contribution in [3.63, 3.8) is 0 Å². The van der Waals surface area contributed by atoms with E-state index in [2.05, 4.69) is 9.97 Å². The summed E-state index contributed by atoms with van der Waals surface area (Å²) in [6.07, 6.45) is 2.94. The van der Waals surface area contributed by atoms with E-state index in [1.54, 1.807) is 0 Å². The quantitative estimate of drug-likeness (QED) is 0.577. The van der Waals surface area contributed by atoms with Gasteiger partial charge in [-0.1, -0.05) is 11.6 Å². The number of nitro groups is 1. The molecule has 2 rings (SSSR count). The van der Waals surface area contributed by atoms with Crippen LogP contribution < -0.4 is 10.0 Å². The van der Waals surface area contributed by atoms with Crippen LogP contribution in [0.1, 0.15) is 6.42 Å². The normalized spacial score (nSPS) is 11.2. The third kappa shape index (κ3) is 3.96. The molecule has 0 amide bonds. The van der Waals surface area contributed by atoms with Crippen molar-refractivity contribution in [3.05, 3.63) is 51.9 Å². The molecule has 2 N–H and O–H groups in total. The van der Waals surface area contributed by atoms with Gasteiger partial charge in [-0.3, -0.25) is 15.1 Å². The van der Waals surface area contributed by atoms with Crippen molar-refractivity contribution >= 4 is 33.1 Å². The third-order valence-electron chi connectivity index (χ3n) is 3.05. The molecule has 0 spiro atoms. The summed E-state index contributed by atoms with van der Waals surface area (Å²) in [6, 6.07) is 4.58. The molecule has 0 saturated heterocycles. The maximum atomic E-state index is 12.8. The molecular formula is C13H14ClN5O4S. The maximum Gasteiger partial charge on any atom is 0.269 e. The Morgan fingerprint density at radius 3 is 2.46 bits per heavy atom. The highest BCUT2D eigenvalue weighted by Gasteiger charge is 2.26. The smallest absolute Gasteiger partial charge is 0.269 e. The minimum Gasteiger partial charge on any atom is -0.330 e. The molecule has 1 aromatic heterocycles. The van der Waals surface area contributed by atoms with Gasteiger partial charge < -0.3 is 5.73 Å². The van der Waals surface area contributed by atoms with E-state index in [4.69, 9.17) is 17.3 Å². The number of hydrogen-bond acceptors (Lipinski definition) is 7. The van der Waals surface area contributed by atoms with Crippen molar-refractivity contribution in [2.75, 3.05) is 17.4 Å². The van der Waals surface area contributed by atoms with Crippen molar-refractivity contribution < 1.29 is 13.3 Å². The summed E-state index contributed by atoms with van der Waals surface area (Å²) in [5, 5.41) is 10.7. The fourth-order valence-electron chi connectivity index (χ4n) is 1.91. The Labute approximate surface area is 143 Å². The SMILES string of the molecule is NCCCN(c1cncc(Cl)n1)S(=O)(=O)c1ccc([N+](=O)[O-])cc1. The number of nitro benzene ring substituents is 1. The summed E-state index contributed by atoms with van der Waals surface area (Å²) >= 11 is 5.78. The first kappa shape index (κ1) is 18.0. The summed E-state index contributed by atoms with van der Waals surface area (Å²) in [6.45, 7) is 0.352. The van der Waals surface area contributed by atoms with Gasteiger partial charge in [0.05, 0.1) is 22.2 Å². The molecular weight excluding hydrogens is 358 g/mol. The molecule has 24 heavy (non-hydrogen) atoms. The van der Waals surface area contributed by atoms with Gasteiger partial charge in [0.15, 0.2) is 5.82 Å². The number of non-ortho nitro benzene ring substituents is 1. The minimum absolute atomic E-state index is 0.0455. The zero-order valence-electron chi connectivity index (χ0n) is 12.4. The standard InChI is InChI=1S/C13H14ClN5O4S/c14-12-8-16-9-13(17-12)18(7-1-6-15)24(22,23)11-4-2-10(3-5-11)19(20)21/h2-5,8-9H,1,6-7,15H2. The molecule has 1 aromatic carbocycles. The van der Waals surface area contributed by atoms with E-state index in [1.807, 2.05) is 0 Å². The van der Waals surface area contributed by atoms with Crippen LogP contribution in [0, 0.1) is 10.1 Å². The van der Waals surface area contributed by atoms with E-state index >= 15 is 0 Å². The largest absolute Gasteiger partial charge is 0.330 e. The number of halogens is 1. The number of sulfonamides is 1. The lowest BCUT2D eigenvalue weighted by molar-refractivity contribution is -0.384. The Morgan fingerprint density at radius 1 is 1.25 bits per heavy atom. The number of hydrogen-bond donors (Lipinski definition) is 1. The molecule has 2 aromatic rings. The molecule has 11 heteroatoms. The number of benzene rings is 1. The highest BCUT2D eigenvalue weighted by Crippen LogP contribution is 2.24. The molecule has 0 unspecified atom stereocenters. The van der Waals surface area contributed by atoms with Crippen molar-refractivity contribution in [1.82, 2.24) is 9.97 Å². The van der Waals surface area contributed by atoms with Gasteiger partial charge in [0.25, 0.3) is 15.7 Å². The predicted octanol–water partition coefficient (Wildman–Crippen LogP) is 1.58. The number of aromatic nitrogens is 2. The molecule has 0 atom stereocenters. The van der Waals surface area contributed by atoms with Crippen LogP contribution in [0.25, 0.3) is 0 Å². The van der Waals surface area contributed by atoms with Crippen LogP contribution in [0.2, 0.25) is 5.15 Å². The van der Waals surface area contributed by atoms with Crippen molar-refractivity contribution in [3.8, 4) is 0 Å². The van der Waals surface area contributed by atoms with Gasteiger partial charge in [-0.05, 0) is 25.1 Å². The van der Waals surface area contributed by atoms with E-state index in [0.29, 0.717) is 6.42 Å². The highest BCUT2D eigenvalue weighted by atomic mass is 35.5. The second kappa shape index (κ2) is 7.51. The van der Waals surface area contributed by atoms with E-state index in [-0.39, 0.29) is 34.6 Å². The lowest BCUT2D eigenvalue weighted by Gasteiger charge is -2.23. The lowest BCUT2D eigenvalue weighted by atomic mass is 10.3. The first-order valence-corrected chi connectivity index (χ1v) is 8.63. The summed E-state index contributed by atoms with van der Waals surface area (Å²) < 4.78 is 26.7. The zero-order chi connectivity index (χ0) is 17.7. The zero-order valence-corrected chi connectivity index (χ0v) is 13.9. The number of nitrogens with zero attached hydrogens (tertiary/aromatic N) is 4. The van der Waals surface area contributed by atoms with E-state index in [9.17, 15) is 18.5 Å². The Kier molecular flexibility index (Phi) is 5.65. The van der Waals surface area contributed by atoms with Gasteiger partial charge in [-0.2, -0.15) is 0 Å². The lowest BCUT2D eigenvalue weighted by Crippen LogP contribution is -2.33. The predicted molar refractivity (Wildman–Crippen MR) is 88.3 cm³/mol. The third-order valence-corrected chi connectivity index (χ3v) is 5.05. The topological polar surface area (TPSA) is 132 Å². The molecule has 0 aliphatic rings. The molecule has 1 heterocycles. The number of anilines is 1. The maximum absolute atomic E-state index is 12.8. The molecule has 9 nitrogen and oxygen atoms in total. The molecule has 0 bridgehead atoms. The fraction of sp³-hybridized carbons (Fsp3) is 0.231. The van der Waals surface area contributed by atoms with Gasteiger partial charge in [-0.25, -0.2) is 17.7 Å². The van der Waals surface area contributed by atoms with Crippen LogP contribution in [0.5, 0.6) is 0 Å². The van der Waals surface area contributed by atoms with Gasteiger partial charge in [0.2, 0.25) is 0 Å². The van der Waals surface area contributed by atoms with Gasteiger partial charge in [0, 0.05) is 18.7 Å². The summed E-state index contributed by atoms with van der Waals surface area (Å²) in [4.78, 5) is 17.8. The molecule has 0 aliphatic heterocycles. The highest BCUT2D eigenvalue weighted by molar-refractivity contribution is 7.92. The molecule has 0 fully saturated rings. The first-order chi connectivity index (χ1) is 11.4. The van der Waals surface area contributed by atoms with Crippen molar-refractivity contribution in [1.29, 1.82) is 0 Å². The summed E-state index contributed by atoms with van der Waals surface area (Å²) in [7, 11) is -3.99. The molecule has 128 valence electrons. The van der Waals surface area contributed by atoms with E-state index in [0.717, 1.165) is 16.4 Å². The van der Waals surface area contributed by atoms with E-state index < -0.39 is 14.9 Å². The van der Waals surface area contributed by atoms with Gasteiger partial charge >= 0.3 is 0 Å². The van der Waals surface area contributed by atoms with Crippen molar-refractivity contribution in [2.24, 2.45) is 5.73 Å². The fourth-order valence-corrected chi connectivity index (χ4v) is 3.49. The average molecular weight is 372 g/mol. The number of nitrogens with two attached hydrogens (primary N) is 1. The second-order valence-corrected chi connectivity index (χ2v) is 6.92. The van der Waals surface area contributed by atoms with Crippen LogP contribution in [-0.2, 0) is 10.0 Å². The minimum atomic E-state index is -3.99. The Bertz CT molecular complexity index is 829. The van der Waals surface area contributed by atoms with Gasteiger partial charge in [0.1, 0.15) is 5.15 Å². The Morgan fingerprint density at radius 2 is 1.92 bits per heavy atom. The van der Waals surface area contributed by atoms with Crippen LogP contribution in [0.15, 0.2) is 41.6 Å².